The molecule has 3 nitrogen and oxygen atoms in total. The Morgan fingerprint density at radius 2 is 2.29 bits per heavy atom. The molecule has 0 unspecified atom stereocenters. The first-order chi connectivity index (χ1) is 7.76. The Hall–Kier alpha value is -1.07. The van der Waals surface area contributed by atoms with Crippen LogP contribution in [0.2, 0.25) is 0 Å². The van der Waals surface area contributed by atoms with E-state index in [1.54, 1.807) is 6.08 Å². The molecule has 0 fully saturated rings. The van der Waals surface area contributed by atoms with Gasteiger partial charge in [-0.2, -0.15) is 0 Å². The van der Waals surface area contributed by atoms with Gasteiger partial charge in [0.2, 0.25) is 0 Å². The lowest BCUT2D eigenvalue weighted by Crippen LogP contribution is -2.11. The van der Waals surface area contributed by atoms with E-state index in [0.29, 0.717) is 18.0 Å². The van der Waals surface area contributed by atoms with Crippen molar-refractivity contribution >= 4 is 38.5 Å². The van der Waals surface area contributed by atoms with Crippen LogP contribution in [0.4, 0.5) is 0 Å². The average Bonchev–Trinajstić information content (AvgIpc) is 2.56. The summed E-state index contributed by atoms with van der Waals surface area (Å²) in [6.07, 6.45) is 1.81. The lowest BCUT2D eigenvalue weighted by molar-refractivity contribution is 0.341. The van der Waals surface area contributed by atoms with Crippen LogP contribution in [0.3, 0.4) is 0 Å². The molecule has 1 N–H and O–H groups in total. The van der Waals surface area contributed by atoms with Crippen LogP contribution in [-0.4, -0.2) is 11.2 Å². The highest BCUT2D eigenvalue weighted by atomic mass is 79.9. The van der Waals surface area contributed by atoms with E-state index in [4.69, 9.17) is 10.1 Å². The number of allylic oxidation sites excluding steroid dienone is 1. The summed E-state index contributed by atoms with van der Waals surface area (Å²) in [5, 5.41) is 7.87. The highest BCUT2D eigenvalue weighted by Crippen LogP contribution is 2.23. The lowest BCUT2D eigenvalue weighted by Gasteiger charge is -2.03. The monoisotopic (exact) mass is 314 g/mol. The molecule has 0 aliphatic rings. The zero-order valence-corrected chi connectivity index (χ0v) is 12.1. The maximum atomic E-state index is 7.87. The number of hydrogen-bond donors (Lipinski definition) is 1. The summed E-state index contributed by atoms with van der Waals surface area (Å²) in [6.45, 7) is 7.01. The number of benzene rings is 1. The highest BCUT2D eigenvalue weighted by molar-refractivity contribution is 8.93. The molecule has 1 aromatic carbocycles. The Morgan fingerprint density at radius 1 is 1.53 bits per heavy atom. The molecule has 2 rings (SSSR count). The van der Waals surface area contributed by atoms with Crippen LogP contribution in [-0.2, 0) is 6.54 Å². The van der Waals surface area contributed by atoms with Crippen LogP contribution in [0, 0.1) is 5.41 Å². The third kappa shape index (κ3) is 2.79. The van der Waals surface area contributed by atoms with Gasteiger partial charge in [-0.25, -0.2) is 0 Å². The largest absolute Gasteiger partial charge is 0.494 e. The molecule has 92 valence electrons. The average molecular weight is 315 g/mol. The predicted octanol–water partition coefficient (Wildman–Crippen LogP) is 3.34. The van der Waals surface area contributed by atoms with Crippen LogP contribution in [0.1, 0.15) is 6.92 Å². The molecule has 2 aromatic rings. The number of rotatable bonds is 4. The summed E-state index contributed by atoms with van der Waals surface area (Å²) in [4.78, 5) is 0.545. The molecular weight excluding hydrogens is 300 g/mol. The number of ether oxygens (including phenoxy) is 1. The molecule has 1 aromatic heterocycles. The van der Waals surface area contributed by atoms with Gasteiger partial charge in [0.05, 0.1) is 16.8 Å². The molecule has 0 saturated carbocycles. The first kappa shape index (κ1) is 14.0. The van der Waals surface area contributed by atoms with Gasteiger partial charge in [-0.3, -0.25) is 5.41 Å². The van der Waals surface area contributed by atoms with E-state index in [9.17, 15) is 0 Å². The maximum Gasteiger partial charge on any atom is 0.183 e. The summed E-state index contributed by atoms with van der Waals surface area (Å²) in [7, 11) is 0. The highest BCUT2D eigenvalue weighted by Gasteiger charge is 2.05. The predicted molar refractivity (Wildman–Crippen MR) is 77.4 cm³/mol. The SMILES string of the molecule is Br.C=CCn1c(=N)sc2cc(OCC)ccc21. The number of aromatic nitrogens is 1. The summed E-state index contributed by atoms with van der Waals surface area (Å²) in [5.41, 5.74) is 1.07. The zero-order chi connectivity index (χ0) is 11.5. The van der Waals surface area contributed by atoms with Crippen molar-refractivity contribution in [2.75, 3.05) is 6.61 Å². The number of fused-ring (bicyclic) bond motifs is 1. The lowest BCUT2D eigenvalue weighted by atomic mass is 10.3. The summed E-state index contributed by atoms with van der Waals surface area (Å²) in [6, 6.07) is 5.93. The normalized spacial score (nSPS) is 9.94. The van der Waals surface area contributed by atoms with Crippen molar-refractivity contribution in [1.82, 2.24) is 4.57 Å². The number of hydrogen-bond acceptors (Lipinski definition) is 3. The second-order valence-electron chi connectivity index (χ2n) is 3.37. The smallest absolute Gasteiger partial charge is 0.183 e. The van der Waals surface area contributed by atoms with E-state index < -0.39 is 0 Å². The van der Waals surface area contributed by atoms with Crippen molar-refractivity contribution in [2.24, 2.45) is 0 Å². The van der Waals surface area contributed by atoms with Crippen molar-refractivity contribution < 1.29 is 4.74 Å². The van der Waals surface area contributed by atoms with Crippen LogP contribution >= 0.6 is 28.3 Å². The van der Waals surface area contributed by atoms with Crippen LogP contribution in [0.5, 0.6) is 5.75 Å². The Kier molecular flexibility index (Phi) is 4.96. The fourth-order valence-corrected chi connectivity index (χ4v) is 2.58. The minimum absolute atomic E-state index is 0. The Balaban J connectivity index is 0.00000144. The molecule has 1 heterocycles. The van der Waals surface area contributed by atoms with Gasteiger partial charge < -0.3 is 9.30 Å². The Morgan fingerprint density at radius 3 is 2.94 bits per heavy atom. The molecule has 0 spiro atoms. The first-order valence-corrected chi connectivity index (χ1v) is 5.99. The Labute approximate surface area is 115 Å². The van der Waals surface area contributed by atoms with Crippen molar-refractivity contribution in [3.63, 3.8) is 0 Å². The minimum atomic E-state index is 0. The zero-order valence-electron chi connectivity index (χ0n) is 9.60. The fourth-order valence-electron chi connectivity index (χ4n) is 1.63. The van der Waals surface area contributed by atoms with Crippen LogP contribution < -0.4 is 9.54 Å². The van der Waals surface area contributed by atoms with Gasteiger partial charge in [0.15, 0.2) is 4.80 Å². The molecule has 0 atom stereocenters. The fraction of sp³-hybridized carbons (Fsp3) is 0.250. The molecule has 0 aliphatic heterocycles. The van der Waals surface area contributed by atoms with Gasteiger partial charge in [0, 0.05) is 6.54 Å². The van der Waals surface area contributed by atoms with Crippen LogP contribution in [0.25, 0.3) is 10.2 Å². The van der Waals surface area contributed by atoms with Crippen molar-refractivity contribution in [1.29, 1.82) is 5.41 Å². The number of thiazole rings is 1. The summed E-state index contributed by atoms with van der Waals surface area (Å²) in [5.74, 6) is 0.863. The molecule has 0 amide bonds. The van der Waals surface area contributed by atoms with Gasteiger partial charge in [-0.15, -0.1) is 23.6 Å². The van der Waals surface area contributed by atoms with E-state index in [1.807, 2.05) is 29.7 Å². The van der Waals surface area contributed by atoms with Gasteiger partial charge in [-0.05, 0) is 25.1 Å². The van der Waals surface area contributed by atoms with Gasteiger partial charge in [0.25, 0.3) is 0 Å². The number of nitrogens with zero attached hydrogens (tertiary/aromatic N) is 1. The molecule has 0 radical (unpaired) electrons. The molecular formula is C12H15BrN2OS. The van der Waals surface area contributed by atoms with Gasteiger partial charge in [-0.1, -0.05) is 17.4 Å². The minimum Gasteiger partial charge on any atom is -0.494 e. The third-order valence-corrected chi connectivity index (χ3v) is 3.26. The van der Waals surface area contributed by atoms with E-state index in [1.165, 1.54) is 11.3 Å². The number of halogens is 1. The van der Waals surface area contributed by atoms with Crippen LogP contribution in [0.15, 0.2) is 30.9 Å². The number of nitrogens with one attached hydrogen (secondary N) is 1. The summed E-state index contributed by atoms with van der Waals surface area (Å²) < 4.78 is 8.45. The second-order valence-corrected chi connectivity index (χ2v) is 4.40. The van der Waals surface area contributed by atoms with Gasteiger partial charge in [0.1, 0.15) is 5.75 Å². The summed E-state index contributed by atoms with van der Waals surface area (Å²) >= 11 is 1.46. The molecule has 0 saturated heterocycles. The van der Waals surface area contributed by atoms with E-state index in [-0.39, 0.29) is 17.0 Å². The maximum absolute atomic E-state index is 7.87. The molecule has 0 bridgehead atoms. The third-order valence-electron chi connectivity index (χ3n) is 2.30. The van der Waals surface area contributed by atoms with Crippen molar-refractivity contribution in [3.8, 4) is 5.75 Å². The standard InChI is InChI=1S/C12H14N2OS.BrH/c1-3-7-14-10-6-5-9(15-4-2)8-11(10)16-12(14)13;/h3,5-6,8,13H,1,4,7H2,2H3;1H. The second kappa shape index (κ2) is 6.02. The van der Waals surface area contributed by atoms with E-state index in [0.717, 1.165) is 16.0 Å². The van der Waals surface area contributed by atoms with Gasteiger partial charge >= 0.3 is 0 Å². The molecule has 5 heteroatoms. The quantitative estimate of drug-likeness (QED) is 0.863. The first-order valence-electron chi connectivity index (χ1n) is 5.18. The molecule has 17 heavy (non-hydrogen) atoms. The topological polar surface area (TPSA) is 38.0 Å². The van der Waals surface area contributed by atoms with E-state index >= 15 is 0 Å². The van der Waals surface area contributed by atoms with E-state index in [2.05, 4.69) is 6.58 Å². The van der Waals surface area contributed by atoms with Crippen molar-refractivity contribution in [2.45, 2.75) is 13.5 Å². The van der Waals surface area contributed by atoms with Crippen molar-refractivity contribution in [3.05, 3.63) is 35.7 Å². The Bertz CT molecular complexity index is 573. The molecule has 0 aliphatic carbocycles.